The Kier molecular flexibility index (Phi) is 7.57. The molecule has 2 aromatic rings. The van der Waals surface area contributed by atoms with Crippen LogP contribution < -0.4 is 10.6 Å². The second-order valence-electron chi connectivity index (χ2n) is 7.29. The lowest BCUT2D eigenvalue weighted by Gasteiger charge is -2.33. The lowest BCUT2D eigenvalue weighted by atomic mass is 10.1. The highest BCUT2D eigenvalue weighted by atomic mass is 16.5. The van der Waals surface area contributed by atoms with Gasteiger partial charge in [-0.1, -0.05) is 48.0 Å². The van der Waals surface area contributed by atoms with Crippen LogP contribution in [0.4, 0.5) is 5.69 Å². The van der Waals surface area contributed by atoms with Crippen LogP contribution in [0.15, 0.2) is 54.6 Å². The molecule has 3 rings (SSSR count). The first-order valence-corrected chi connectivity index (χ1v) is 10.1. The molecule has 1 atom stereocenters. The Bertz CT molecular complexity index is 868. The van der Waals surface area contributed by atoms with Gasteiger partial charge in [-0.25, -0.2) is 0 Å². The van der Waals surface area contributed by atoms with Crippen LogP contribution in [-0.2, 0) is 19.1 Å². The van der Waals surface area contributed by atoms with Gasteiger partial charge in [0.2, 0.25) is 5.91 Å². The van der Waals surface area contributed by atoms with E-state index in [0.29, 0.717) is 38.2 Å². The number of ether oxygens (including phenoxy) is 1. The first-order valence-electron chi connectivity index (χ1n) is 10.1. The maximum absolute atomic E-state index is 12.5. The van der Waals surface area contributed by atoms with E-state index < -0.39 is 11.8 Å². The Morgan fingerprint density at radius 1 is 1.03 bits per heavy atom. The molecule has 1 heterocycles. The fourth-order valence-corrected chi connectivity index (χ4v) is 3.25. The van der Waals surface area contributed by atoms with E-state index in [1.54, 1.807) is 17.0 Å². The van der Waals surface area contributed by atoms with E-state index in [9.17, 15) is 14.4 Å². The summed E-state index contributed by atoms with van der Waals surface area (Å²) in [5.74, 6) is -1.40. The van der Waals surface area contributed by atoms with Gasteiger partial charge in [0, 0.05) is 25.2 Å². The van der Waals surface area contributed by atoms with Gasteiger partial charge in [-0.3, -0.25) is 14.4 Å². The van der Waals surface area contributed by atoms with Crippen molar-refractivity contribution in [3.8, 4) is 0 Å². The Morgan fingerprint density at radius 3 is 2.50 bits per heavy atom. The minimum Gasteiger partial charge on any atom is -0.370 e. The molecule has 158 valence electrons. The van der Waals surface area contributed by atoms with Crippen molar-refractivity contribution >= 4 is 23.4 Å². The lowest BCUT2D eigenvalue weighted by Crippen LogP contribution is -2.42. The molecule has 0 radical (unpaired) electrons. The normalized spacial score (nSPS) is 16.0. The van der Waals surface area contributed by atoms with Crippen LogP contribution in [0.2, 0.25) is 0 Å². The summed E-state index contributed by atoms with van der Waals surface area (Å²) < 4.78 is 5.79. The molecule has 2 aromatic carbocycles. The molecule has 3 amide bonds. The Hall–Kier alpha value is -3.19. The highest BCUT2D eigenvalue weighted by Crippen LogP contribution is 2.22. The number of rotatable bonds is 6. The fourth-order valence-electron chi connectivity index (χ4n) is 3.25. The van der Waals surface area contributed by atoms with Gasteiger partial charge in [0.15, 0.2) is 0 Å². The predicted octanol–water partition coefficient (Wildman–Crippen LogP) is 2.43. The fraction of sp³-hybridized carbons (Fsp3) is 0.348. The van der Waals surface area contributed by atoms with E-state index in [0.717, 1.165) is 11.1 Å². The van der Waals surface area contributed by atoms with Crippen LogP contribution in [0.3, 0.4) is 0 Å². The Morgan fingerprint density at radius 2 is 1.77 bits per heavy atom. The average molecular weight is 409 g/mol. The zero-order valence-electron chi connectivity index (χ0n) is 17.1. The molecule has 1 saturated heterocycles. The van der Waals surface area contributed by atoms with Gasteiger partial charge < -0.3 is 20.3 Å². The number of benzene rings is 2. The number of nitrogens with one attached hydrogen (secondary N) is 2. The van der Waals surface area contributed by atoms with Crippen molar-refractivity contribution in [3.63, 3.8) is 0 Å². The number of carbonyl (C=O) groups excluding carboxylic acids is 3. The van der Waals surface area contributed by atoms with Gasteiger partial charge in [0.05, 0.1) is 13.2 Å². The molecule has 30 heavy (non-hydrogen) atoms. The molecule has 0 aromatic heterocycles. The molecule has 2 N–H and O–H groups in total. The molecule has 7 heteroatoms. The molecular formula is C23H27N3O4. The van der Waals surface area contributed by atoms with E-state index in [1.165, 1.54) is 0 Å². The third-order valence-electron chi connectivity index (χ3n) is 4.96. The van der Waals surface area contributed by atoms with Gasteiger partial charge in [0.25, 0.3) is 0 Å². The van der Waals surface area contributed by atoms with Crippen molar-refractivity contribution in [2.75, 3.05) is 31.6 Å². The molecule has 1 aliphatic heterocycles. The topological polar surface area (TPSA) is 87.7 Å². The van der Waals surface area contributed by atoms with E-state index in [2.05, 4.69) is 10.6 Å². The number of nitrogens with zero attached hydrogens (tertiary/aromatic N) is 1. The standard InChI is InChI=1S/C23H27N3O4/c1-17-9-11-19(12-10-17)25-23(29)22(28)24-13-5-8-21(27)26-14-15-30-20(16-26)18-6-3-2-4-7-18/h2-4,6-7,9-12,20H,5,8,13-16H2,1H3,(H,24,28)(H,25,29). The van der Waals surface area contributed by atoms with Gasteiger partial charge in [-0.05, 0) is 31.0 Å². The van der Waals surface area contributed by atoms with Crippen LogP contribution in [0.1, 0.15) is 30.1 Å². The maximum Gasteiger partial charge on any atom is 0.313 e. The Labute approximate surface area is 176 Å². The predicted molar refractivity (Wildman–Crippen MR) is 114 cm³/mol. The number of anilines is 1. The monoisotopic (exact) mass is 409 g/mol. The van der Waals surface area contributed by atoms with E-state index in [-0.39, 0.29) is 18.6 Å². The van der Waals surface area contributed by atoms with Crippen molar-refractivity contribution in [1.82, 2.24) is 10.2 Å². The van der Waals surface area contributed by atoms with Gasteiger partial charge in [-0.2, -0.15) is 0 Å². The lowest BCUT2D eigenvalue weighted by molar-refractivity contribution is -0.139. The van der Waals surface area contributed by atoms with E-state index in [1.807, 2.05) is 49.4 Å². The summed E-state index contributed by atoms with van der Waals surface area (Å²) in [5, 5.41) is 5.11. The zero-order valence-corrected chi connectivity index (χ0v) is 17.1. The Balaban J connectivity index is 1.37. The van der Waals surface area contributed by atoms with E-state index in [4.69, 9.17) is 4.74 Å². The summed E-state index contributed by atoms with van der Waals surface area (Å²) in [5.41, 5.74) is 2.69. The highest BCUT2D eigenvalue weighted by molar-refractivity contribution is 6.39. The van der Waals surface area contributed by atoms with Crippen molar-refractivity contribution in [2.24, 2.45) is 0 Å². The second-order valence-corrected chi connectivity index (χ2v) is 7.29. The number of hydrogen-bond donors (Lipinski definition) is 2. The molecule has 1 aliphatic rings. The molecule has 1 fully saturated rings. The minimum atomic E-state index is -0.718. The van der Waals surface area contributed by atoms with Gasteiger partial charge in [-0.15, -0.1) is 0 Å². The van der Waals surface area contributed by atoms with Crippen molar-refractivity contribution in [2.45, 2.75) is 25.9 Å². The summed E-state index contributed by atoms with van der Waals surface area (Å²) in [4.78, 5) is 38.2. The third kappa shape index (κ3) is 6.15. The third-order valence-corrected chi connectivity index (χ3v) is 4.96. The first-order chi connectivity index (χ1) is 14.5. The molecule has 0 bridgehead atoms. The quantitative estimate of drug-likeness (QED) is 0.567. The number of amides is 3. The number of hydrogen-bond acceptors (Lipinski definition) is 4. The number of aryl methyl sites for hydroxylation is 1. The molecule has 0 spiro atoms. The molecular weight excluding hydrogens is 382 g/mol. The zero-order chi connectivity index (χ0) is 21.3. The van der Waals surface area contributed by atoms with Crippen LogP contribution in [0.25, 0.3) is 0 Å². The van der Waals surface area contributed by atoms with Gasteiger partial charge in [0.1, 0.15) is 6.10 Å². The smallest absolute Gasteiger partial charge is 0.313 e. The minimum absolute atomic E-state index is 0.0255. The SMILES string of the molecule is Cc1ccc(NC(=O)C(=O)NCCCC(=O)N2CCOC(c3ccccc3)C2)cc1. The molecule has 0 saturated carbocycles. The summed E-state index contributed by atoms with van der Waals surface area (Å²) in [6, 6.07) is 17.0. The largest absolute Gasteiger partial charge is 0.370 e. The second kappa shape index (κ2) is 10.5. The van der Waals surface area contributed by atoms with Crippen molar-refractivity contribution in [1.29, 1.82) is 0 Å². The van der Waals surface area contributed by atoms with Crippen LogP contribution >= 0.6 is 0 Å². The summed E-state index contributed by atoms with van der Waals surface area (Å²) >= 11 is 0. The number of morpholine rings is 1. The summed E-state index contributed by atoms with van der Waals surface area (Å²) in [6.45, 7) is 3.79. The van der Waals surface area contributed by atoms with Crippen molar-refractivity contribution in [3.05, 3.63) is 65.7 Å². The molecule has 1 unspecified atom stereocenters. The van der Waals surface area contributed by atoms with Crippen molar-refractivity contribution < 1.29 is 19.1 Å². The van der Waals surface area contributed by atoms with Gasteiger partial charge >= 0.3 is 11.8 Å². The molecule has 7 nitrogen and oxygen atoms in total. The number of carbonyl (C=O) groups is 3. The summed E-state index contributed by atoms with van der Waals surface area (Å²) in [6.07, 6.45) is 0.658. The highest BCUT2D eigenvalue weighted by Gasteiger charge is 2.25. The first kappa shape index (κ1) is 21.5. The van der Waals surface area contributed by atoms with Crippen LogP contribution in [0, 0.1) is 6.92 Å². The van der Waals surface area contributed by atoms with Crippen LogP contribution in [0.5, 0.6) is 0 Å². The average Bonchev–Trinajstić information content (AvgIpc) is 2.78. The van der Waals surface area contributed by atoms with Crippen LogP contribution in [-0.4, -0.2) is 48.9 Å². The maximum atomic E-state index is 12.5. The van der Waals surface area contributed by atoms with E-state index >= 15 is 0 Å². The summed E-state index contributed by atoms with van der Waals surface area (Å²) in [7, 11) is 0. The molecule has 0 aliphatic carbocycles.